The Morgan fingerprint density at radius 3 is 2.62 bits per heavy atom. The van der Waals surface area contributed by atoms with Crippen LogP contribution in [0.25, 0.3) is 0 Å². The number of guanidine groups is 1. The standard InChI is InChI=1S/C14H18Cl2F3N3O.HI/c1-9(11-4-3-10(15)7-12(11)16)22-13(20)21-5-2-6-23-8-14(17,18)19;/h3-4,7,9H,2,5-6,8H2,1H3,(H3,20,21,22);1H. The first kappa shape index (κ1) is 23.5. The van der Waals surface area contributed by atoms with Crippen molar-refractivity contribution < 1.29 is 17.9 Å². The Kier molecular flexibility index (Phi) is 11.0. The highest BCUT2D eigenvalue weighted by molar-refractivity contribution is 14.0. The second-order valence-electron chi connectivity index (χ2n) is 4.82. The van der Waals surface area contributed by atoms with Crippen molar-refractivity contribution in [1.29, 1.82) is 0 Å². The van der Waals surface area contributed by atoms with Gasteiger partial charge in [-0.05, 0) is 31.0 Å². The van der Waals surface area contributed by atoms with E-state index in [4.69, 9.17) is 28.9 Å². The Hall–Kier alpha value is -0.450. The molecule has 0 bridgehead atoms. The third kappa shape index (κ3) is 9.75. The van der Waals surface area contributed by atoms with Crippen LogP contribution in [0.5, 0.6) is 0 Å². The molecule has 0 fully saturated rings. The summed E-state index contributed by atoms with van der Waals surface area (Å²) in [6.07, 6.45) is -3.97. The second kappa shape index (κ2) is 11.2. The van der Waals surface area contributed by atoms with Crippen LogP contribution >= 0.6 is 47.2 Å². The monoisotopic (exact) mass is 499 g/mol. The molecule has 1 unspecified atom stereocenters. The van der Waals surface area contributed by atoms with Crippen molar-refractivity contribution >= 4 is 53.1 Å². The average molecular weight is 500 g/mol. The lowest BCUT2D eigenvalue weighted by atomic mass is 10.1. The lowest BCUT2D eigenvalue weighted by Crippen LogP contribution is -2.34. The van der Waals surface area contributed by atoms with E-state index in [0.717, 1.165) is 5.56 Å². The molecule has 10 heteroatoms. The number of benzene rings is 1. The first-order valence-corrected chi connectivity index (χ1v) is 7.60. The summed E-state index contributed by atoms with van der Waals surface area (Å²) in [6.45, 7) is 0.826. The highest BCUT2D eigenvalue weighted by atomic mass is 127. The maximum absolute atomic E-state index is 11.9. The first-order chi connectivity index (χ1) is 10.7. The summed E-state index contributed by atoms with van der Waals surface area (Å²) in [7, 11) is 0. The van der Waals surface area contributed by atoms with Gasteiger partial charge in [0.05, 0.1) is 6.04 Å². The Labute approximate surface area is 165 Å². The van der Waals surface area contributed by atoms with Gasteiger partial charge in [0, 0.05) is 23.2 Å². The fourth-order valence-electron chi connectivity index (χ4n) is 1.75. The fourth-order valence-corrected chi connectivity index (χ4v) is 2.32. The molecule has 1 atom stereocenters. The van der Waals surface area contributed by atoms with Crippen LogP contribution < -0.4 is 11.1 Å². The average Bonchev–Trinajstić information content (AvgIpc) is 2.41. The summed E-state index contributed by atoms with van der Waals surface area (Å²) < 4.78 is 40.0. The summed E-state index contributed by atoms with van der Waals surface area (Å²) in [5.41, 5.74) is 6.53. The summed E-state index contributed by atoms with van der Waals surface area (Å²) in [6, 6.07) is 4.93. The molecule has 4 nitrogen and oxygen atoms in total. The lowest BCUT2D eigenvalue weighted by Gasteiger charge is -2.16. The number of rotatable bonds is 7. The number of aliphatic imine (C=N–C) groups is 1. The maximum atomic E-state index is 11.9. The molecule has 1 rings (SSSR count). The number of halogens is 6. The van der Waals surface area contributed by atoms with Crippen LogP contribution in [0.1, 0.15) is 24.9 Å². The number of ether oxygens (including phenoxy) is 1. The van der Waals surface area contributed by atoms with Crippen LogP contribution in [0.15, 0.2) is 23.2 Å². The number of alkyl halides is 3. The molecule has 0 amide bonds. The van der Waals surface area contributed by atoms with Gasteiger partial charge in [0.2, 0.25) is 0 Å². The van der Waals surface area contributed by atoms with Gasteiger partial charge in [-0.25, -0.2) is 0 Å². The smallest absolute Gasteiger partial charge is 0.372 e. The molecular weight excluding hydrogens is 481 g/mol. The highest BCUT2D eigenvalue weighted by Gasteiger charge is 2.27. The molecule has 1 aromatic carbocycles. The number of nitrogens with one attached hydrogen (secondary N) is 1. The number of hydrogen-bond acceptors (Lipinski definition) is 2. The largest absolute Gasteiger partial charge is 0.411 e. The van der Waals surface area contributed by atoms with Crippen molar-refractivity contribution in [2.75, 3.05) is 19.8 Å². The van der Waals surface area contributed by atoms with E-state index in [0.29, 0.717) is 16.5 Å². The van der Waals surface area contributed by atoms with Gasteiger partial charge in [-0.3, -0.25) is 4.99 Å². The van der Waals surface area contributed by atoms with Crippen molar-refractivity contribution in [3.63, 3.8) is 0 Å². The van der Waals surface area contributed by atoms with Crippen LogP contribution in [0.4, 0.5) is 13.2 Å². The topological polar surface area (TPSA) is 59.6 Å². The zero-order chi connectivity index (χ0) is 17.5. The predicted octanol–water partition coefficient (Wildman–Crippen LogP) is 4.55. The van der Waals surface area contributed by atoms with E-state index in [1.54, 1.807) is 18.2 Å². The van der Waals surface area contributed by atoms with Gasteiger partial charge < -0.3 is 15.8 Å². The van der Waals surface area contributed by atoms with Crippen molar-refractivity contribution in [2.24, 2.45) is 10.7 Å². The van der Waals surface area contributed by atoms with Crippen LogP contribution in [0, 0.1) is 0 Å². The Bertz CT molecular complexity index is 544. The van der Waals surface area contributed by atoms with Gasteiger partial charge >= 0.3 is 6.18 Å². The van der Waals surface area contributed by atoms with Crippen LogP contribution in [-0.4, -0.2) is 31.9 Å². The zero-order valence-corrected chi connectivity index (χ0v) is 16.7. The Morgan fingerprint density at radius 1 is 1.38 bits per heavy atom. The van der Waals surface area contributed by atoms with Crippen molar-refractivity contribution in [3.05, 3.63) is 33.8 Å². The van der Waals surface area contributed by atoms with Gasteiger partial charge in [0.15, 0.2) is 5.96 Å². The van der Waals surface area contributed by atoms with E-state index < -0.39 is 12.8 Å². The fraction of sp³-hybridized carbons (Fsp3) is 0.500. The summed E-state index contributed by atoms with van der Waals surface area (Å²) >= 11 is 11.9. The van der Waals surface area contributed by atoms with Gasteiger partial charge in [0.1, 0.15) is 6.61 Å². The van der Waals surface area contributed by atoms with E-state index in [2.05, 4.69) is 15.0 Å². The molecule has 0 aromatic heterocycles. The summed E-state index contributed by atoms with van der Waals surface area (Å²) in [5, 5.41) is 3.99. The van der Waals surface area contributed by atoms with Gasteiger partial charge in [-0.15, -0.1) is 24.0 Å². The molecule has 0 saturated heterocycles. The first-order valence-electron chi connectivity index (χ1n) is 6.85. The van der Waals surface area contributed by atoms with E-state index in [1.165, 1.54) is 0 Å². The summed E-state index contributed by atoms with van der Waals surface area (Å²) in [5.74, 6) is 0.180. The Balaban J connectivity index is 0.00000529. The SMILES string of the molecule is CC(NC(N)=NCCCOCC(F)(F)F)c1ccc(Cl)cc1Cl.I. The van der Waals surface area contributed by atoms with E-state index >= 15 is 0 Å². The molecule has 24 heavy (non-hydrogen) atoms. The summed E-state index contributed by atoms with van der Waals surface area (Å²) in [4.78, 5) is 4.02. The molecule has 0 spiro atoms. The van der Waals surface area contributed by atoms with E-state index in [9.17, 15) is 13.2 Å². The predicted molar refractivity (Wildman–Crippen MR) is 101 cm³/mol. The normalized spacial score (nSPS) is 13.3. The van der Waals surface area contributed by atoms with Gasteiger partial charge in [-0.2, -0.15) is 13.2 Å². The maximum Gasteiger partial charge on any atom is 0.411 e. The number of nitrogens with two attached hydrogens (primary N) is 1. The quantitative estimate of drug-likeness (QED) is 0.250. The molecule has 3 N–H and O–H groups in total. The third-order valence-corrected chi connectivity index (χ3v) is 3.35. The third-order valence-electron chi connectivity index (χ3n) is 2.79. The number of nitrogens with zero attached hydrogens (tertiary/aromatic N) is 1. The van der Waals surface area contributed by atoms with Crippen molar-refractivity contribution in [1.82, 2.24) is 5.32 Å². The molecule has 0 aliphatic rings. The second-order valence-corrected chi connectivity index (χ2v) is 5.66. The highest BCUT2D eigenvalue weighted by Crippen LogP contribution is 2.25. The molecule has 0 saturated carbocycles. The molecule has 0 heterocycles. The van der Waals surface area contributed by atoms with Crippen LogP contribution in [0.3, 0.4) is 0 Å². The lowest BCUT2D eigenvalue weighted by molar-refractivity contribution is -0.173. The minimum atomic E-state index is -4.31. The number of hydrogen-bond donors (Lipinski definition) is 2. The minimum Gasteiger partial charge on any atom is -0.372 e. The zero-order valence-electron chi connectivity index (χ0n) is 12.9. The molecule has 1 aromatic rings. The molecule has 0 radical (unpaired) electrons. The van der Waals surface area contributed by atoms with E-state index in [1.807, 2.05) is 6.92 Å². The molecule has 0 aliphatic carbocycles. The van der Waals surface area contributed by atoms with E-state index in [-0.39, 0.29) is 49.1 Å². The van der Waals surface area contributed by atoms with Gasteiger partial charge in [-0.1, -0.05) is 29.3 Å². The molecule has 138 valence electrons. The van der Waals surface area contributed by atoms with Gasteiger partial charge in [0.25, 0.3) is 0 Å². The van der Waals surface area contributed by atoms with Crippen LogP contribution in [0.2, 0.25) is 10.0 Å². The molecular formula is C14H19Cl2F3IN3O. The van der Waals surface area contributed by atoms with Crippen molar-refractivity contribution in [2.45, 2.75) is 25.6 Å². The van der Waals surface area contributed by atoms with Crippen LogP contribution in [-0.2, 0) is 4.74 Å². The van der Waals surface area contributed by atoms with Crippen molar-refractivity contribution in [3.8, 4) is 0 Å². The minimum absolute atomic E-state index is 0. The molecule has 0 aliphatic heterocycles. The Morgan fingerprint density at radius 2 is 2.04 bits per heavy atom.